The Kier molecular flexibility index (Phi) is 7.25. The second kappa shape index (κ2) is 8.20. The minimum atomic E-state index is -0.666. The number of carbonyl (C=O) groups is 2. The third-order valence-corrected chi connectivity index (χ3v) is 1.45. The highest BCUT2D eigenvalue weighted by molar-refractivity contribution is 5.69. The summed E-state index contributed by atoms with van der Waals surface area (Å²) in [6, 6.07) is 0. The summed E-state index contributed by atoms with van der Waals surface area (Å²) in [5.41, 5.74) is 1.59. The molecular formula is C11H18N2O4. The highest BCUT2D eigenvalue weighted by Crippen LogP contribution is 1.87. The van der Waals surface area contributed by atoms with Gasteiger partial charge in [0, 0.05) is 13.1 Å². The van der Waals surface area contributed by atoms with Crippen LogP contribution in [0.5, 0.6) is 0 Å². The molecule has 0 unspecified atom stereocenters. The Morgan fingerprint density at radius 2 is 1.29 bits per heavy atom. The van der Waals surface area contributed by atoms with Gasteiger partial charge in [0.25, 0.3) is 0 Å². The number of amides is 2. The molecule has 0 atom stereocenters. The molecular weight excluding hydrogens is 224 g/mol. The highest BCUT2D eigenvalue weighted by Gasteiger charge is 2.04. The van der Waals surface area contributed by atoms with Crippen molar-refractivity contribution in [3.63, 3.8) is 0 Å². The quantitative estimate of drug-likeness (QED) is 0.547. The first-order chi connectivity index (χ1) is 7.91. The number of ether oxygens (including phenoxy) is 2. The Hall–Kier alpha value is -1.98. The minimum Gasteiger partial charge on any atom is -0.412 e. The van der Waals surface area contributed by atoms with Crippen LogP contribution in [0.15, 0.2) is 24.3 Å². The average molecular weight is 242 g/mol. The van der Waals surface area contributed by atoms with Gasteiger partial charge in [-0.15, -0.1) is 0 Å². The number of rotatable bonds is 6. The molecule has 0 radical (unpaired) electrons. The van der Waals surface area contributed by atoms with Gasteiger partial charge in [0.05, 0.1) is 0 Å². The number of hydrogen-bond acceptors (Lipinski definition) is 4. The van der Waals surface area contributed by atoms with Crippen molar-refractivity contribution in [2.24, 2.45) is 0 Å². The number of hydrogen-bond donors (Lipinski definition) is 2. The summed E-state index contributed by atoms with van der Waals surface area (Å²) in [5, 5.41) is 4.84. The number of carbonyl (C=O) groups excluding carboxylic acids is 2. The molecule has 0 heterocycles. The molecule has 0 aromatic carbocycles. The normalized spacial score (nSPS) is 9.06. The molecule has 6 nitrogen and oxygen atoms in total. The number of nitrogens with one attached hydrogen (secondary N) is 2. The summed E-state index contributed by atoms with van der Waals surface area (Å²) >= 11 is 0. The third kappa shape index (κ3) is 10.3. The van der Waals surface area contributed by atoms with Gasteiger partial charge in [-0.1, -0.05) is 24.3 Å². The lowest BCUT2D eigenvalue weighted by atomic mass is 10.4. The molecule has 0 fully saturated rings. The molecule has 96 valence electrons. The molecule has 0 aromatic heterocycles. The van der Waals surface area contributed by atoms with E-state index < -0.39 is 19.0 Å². The van der Waals surface area contributed by atoms with Gasteiger partial charge in [0.15, 0.2) is 0 Å². The summed E-state index contributed by atoms with van der Waals surface area (Å²) in [6.07, 6.45) is -1.33. The summed E-state index contributed by atoms with van der Waals surface area (Å²) in [5.74, 6) is 0. The van der Waals surface area contributed by atoms with E-state index in [-0.39, 0.29) is 0 Å². The fourth-order valence-corrected chi connectivity index (χ4v) is 0.685. The van der Waals surface area contributed by atoms with E-state index in [1.807, 2.05) is 0 Å². The van der Waals surface area contributed by atoms with Crippen molar-refractivity contribution in [3.05, 3.63) is 24.3 Å². The van der Waals surface area contributed by atoms with Crippen LogP contribution in [0.25, 0.3) is 0 Å². The van der Waals surface area contributed by atoms with Gasteiger partial charge in [0.1, 0.15) is 0 Å². The zero-order chi connectivity index (χ0) is 13.3. The summed E-state index contributed by atoms with van der Waals surface area (Å²) in [7, 11) is 0. The molecule has 17 heavy (non-hydrogen) atoms. The van der Waals surface area contributed by atoms with Gasteiger partial charge >= 0.3 is 12.2 Å². The Morgan fingerprint density at radius 3 is 1.59 bits per heavy atom. The van der Waals surface area contributed by atoms with Crippen LogP contribution < -0.4 is 10.6 Å². The van der Waals surface area contributed by atoms with Crippen molar-refractivity contribution in [1.29, 1.82) is 0 Å². The van der Waals surface area contributed by atoms with Crippen LogP contribution >= 0.6 is 0 Å². The molecule has 0 rings (SSSR count). The van der Waals surface area contributed by atoms with Gasteiger partial charge in [-0.3, -0.25) is 0 Å². The lowest BCUT2D eigenvalue weighted by Crippen LogP contribution is -2.30. The van der Waals surface area contributed by atoms with E-state index in [1.165, 1.54) is 0 Å². The molecule has 0 aliphatic rings. The third-order valence-electron chi connectivity index (χ3n) is 1.45. The molecule has 0 saturated carbocycles. The van der Waals surface area contributed by atoms with Crippen molar-refractivity contribution in [2.75, 3.05) is 19.9 Å². The van der Waals surface area contributed by atoms with E-state index in [2.05, 4.69) is 33.3 Å². The van der Waals surface area contributed by atoms with Gasteiger partial charge < -0.3 is 20.1 Å². The molecule has 2 amide bonds. The zero-order valence-electron chi connectivity index (χ0n) is 10.2. The van der Waals surface area contributed by atoms with Crippen molar-refractivity contribution in [3.8, 4) is 0 Å². The van der Waals surface area contributed by atoms with Crippen molar-refractivity contribution in [1.82, 2.24) is 10.6 Å². The van der Waals surface area contributed by atoms with Crippen molar-refractivity contribution >= 4 is 12.2 Å². The van der Waals surface area contributed by atoms with E-state index in [1.54, 1.807) is 13.8 Å². The topological polar surface area (TPSA) is 76.7 Å². The second-order valence-corrected chi connectivity index (χ2v) is 3.60. The van der Waals surface area contributed by atoms with Crippen LogP contribution in [0.4, 0.5) is 9.59 Å². The van der Waals surface area contributed by atoms with Crippen molar-refractivity contribution < 1.29 is 19.1 Å². The predicted octanol–water partition coefficient (Wildman–Crippen LogP) is 1.55. The maximum atomic E-state index is 11.0. The van der Waals surface area contributed by atoms with Gasteiger partial charge in [-0.05, 0) is 13.8 Å². The fourth-order valence-electron chi connectivity index (χ4n) is 0.685. The standard InChI is InChI=1S/C11H18N2O4/c1-8(2)5-12-10(14)16-7-17-11(15)13-6-9(3)4/h1,3,5-7H2,2,4H3,(H,12,14)(H,13,15). The molecule has 0 aliphatic carbocycles. The van der Waals surface area contributed by atoms with Crippen LogP contribution in [0.2, 0.25) is 0 Å². The molecule has 0 aliphatic heterocycles. The summed E-state index contributed by atoms with van der Waals surface area (Å²) in [6.45, 7) is 10.9. The van der Waals surface area contributed by atoms with E-state index in [0.717, 1.165) is 11.1 Å². The van der Waals surface area contributed by atoms with Gasteiger partial charge in [-0.25, -0.2) is 9.59 Å². The summed E-state index contributed by atoms with van der Waals surface area (Å²) in [4.78, 5) is 22.0. The molecule has 0 bridgehead atoms. The summed E-state index contributed by atoms with van der Waals surface area (Å²) < 4.78 is 9.15. The Morgan fingerprint density at radius 1 is 0.941 bits per heavy atom. The lowest BCUT2D eigenvalue weighted by Gasteiger charge is -2.08. The van der Waals surface area contributed by atoms with Crippen LogP contribution in [0, 0.1) is 0 Å². The second-order valence-electron chi connectivity index (χ2n) is 3.60. The first-order valence-electron chi connectivity index (χ1n) is 5.02. The monoisotopic (exact) mass is 242 g/mol. The smallest absolute Gasteiger partial charge is 0.410 e. The van der Waals surface area contributed by atoms with Gasteiger partial charge in [-0.2, -0.15) is 0 Å². The lowest BCUT2D eigenvalue weighted by molar-refractivity contribution is 0.0250. The first kappa shape index (κ1) is 15.0. The Bertz CT molecular complexity index is 283. The van der Waals surface area contributed by atoms with Crippen LogP contribution in [-0.2, 0) is 9.47 Å². The molecule has 6 heteroatoms. The van der Waals surface area contributed by atoms with E-state index >= 15 is 0 Å². The molecule has 2 N–H and O–H groups in total. The maximum absolute atomic E-state index is 11.0. The average Bonchev–Trinajstić information content (AvgIpc) is 2.23. The highest BCUT2D eigenvalue weighted by atomic mass is 16.7. The van der Waals surface area contributed by atoms with E-state index in [0.29, 0.717) is 13.1 Å². The maximum Gasteiger partial charge on any atom is 0.410 e. The zero-order valence-corrected chi connectivity index (χ0v) is 10.2. The van der Waals surface area contributed by atoms with Crippen LogP contribution in [-0.4, -0.2) is 32.1 Å². The van der Waals surface area contributed by atoms with E-state index in [9.17, 15) is 9.59 Å². The largest absolute Gasteiger partial charge is 0.412 e. The number of alkyl carbamates (subject to hydrolysis) is 2. The first-order valence-corrected chi connectivity index (χ1v) is 5.02. The van der Waals surface area contributed by atoms with Crippen LogP contribution in [0.3, 0.4) is 0 Å². The van der Waals surface area contributed by atoms with Crippen molar-refractivity contribution in [2.45, 2.75) is 13.8 Å². The minimum absolute atomic E-state index is 0.320. The molecule has 0 saturated heterocycles. The Labute approximate surface area is 101 Å². The molecule has 0 spiro atoms. The van der Waals surface area contributed by atoms with Crippen LogP contribution in [0.1, 0.15) is 13.8 Å². The SMILES string of the molecule is C=C(C)CNC(=O)OCOC(=O)NCC(=C)C. The Balaban J connectivity index is 3.55. The van der Waals surface area contributed by atoms with Gasteiger partial charge in [0.2, 0.25) is 6.79 Å². The predicted molar refractivity (Wildman–Crippen MR) is 63.5 cm³/mol. The van der Waals surface area contributed by atoms with E-state index in [4.69, 9.17) is 0 Å². The fraction of sp³-hybridized carbons (Fsp3) is 0.455. The molecule has 0 aromatic rings.